The fourth-order valence-electron chi connectivity index (χ4n) is 5.43. The Hall–Kier alpha value is -2.67. The van der Waals surface area contributed by atoms with E-state index < -0.39 is 0 Å². The van der Waals surface area contributed by atoms with E-state index in [1.807, 2.05) is 0 Å². The van der Waals surface area contributed by atoms with Crippen LogP contribution < -0.4 is 0 Å². The van der Waals surface area contributed by atoms with Gasteiger partial charge in [-0.2, -0.15) is 0 Å². The normalized spacial score (nSPS) is 14.8. The molecule has 5 nitrogen and oxygen atoms in total. The molecule has 182 valence electrons. The van der Waals surface area contributed by atoms with Crippen molar-refractivity contribution in [2.75, 3.05) is 45.5 Å². The number of ether oxygens (including phenoxy) is 1. The van der Waals surface area contributed by atoms with Gasteiger partial charge in [-0.15, -0.1) is 0 Å². The number of hydrogen-bond acceptors (Lipinski definition) is 4. The summed E-state index contributed by atoms with van der Waals surface area (Å²) in [6, 6.07) is 20.0. The predicted molar refractivity (Wildman–Crippen MR) is 147 cm³/mol. The molecule has 0 saturated heterocycles. The van der Waals surface area contributed by atoms with Gasteiger partial charge < -0.3 is 14.2 Å². The molecule has 35 heavy (non-hydrogen) atoms. The van der Waals surface area contributed by atoms with E-state index in [2.05, 4.69) is 102 Å². The van der Waals surface area contributed by atoms with Crippen molar-refractivity contribution < 1.29 is 4.74 Å². The zero-order chi connectivity index (χ0) is 24.4. The second kappa shape index (κ2) is 10.1. The standard InChI is InChI=1S/C29H35N4OS/c1-32(2)19-29(17-23-8-5-6-9-24(23)18-29)25-11-7-10-22(16-25)27-26-12-13-33(28(26)31-20-30-27)21-34-14-15-35(3)4/h5-13,16,20H,14-15,17-19,21H2,1-4H3/q+1. The van der Waals surface area contributed by atoms with E-state index in [1.165, 1.54) is 16.7 Å². The van der Waals surface area contributed by atoms with Gasteiger partial charge in [0.2, 0.25) is 0 Å². The molecule has 2 aromatic heterocycles. The summed E-state index contributed by atoms with van der Waals surface area (Å²) < 4.78 is 7.99. The number of hydrogen-bond donors (Lipinski definition) is 0. The number of rotatable bonds is 9. The molecule has 0 N–H and O–H groups in total. The van der Waals surface area contributed by atoms with Crippen LogP contribution in [-0.2, 0) is 40.6 Å². The fraction of sp³-hybridized carbons (Fsp3) is 0.379. The van der Waals surface area contributed by atoms with Crippen molar-refractivity contribution in [2.45, 2.75) is 25.0 Å². The van der Waals surface area contributed by atoms with Gasteiger partial charge in [-0.05, 0) is 66.7 Å². The lowest BCUT2D eigenvalue weighted by atomic mass is 9.76. The average molecular weight is 488 g/mol. The Labute approximate surface area is 211 Å². The molecule has 0 unspecified atom stereocenters. The van der Waals surface area contributed by atoms with Crippen molar-refractivity contribution in [2.24, 2.45) is 0 Å². The number of fused-ring (bicyclic) bond motifs is 2. The Bertz CT molecular complexity index is 1290. The van der Waals surface area contributed by atoms with E-state index >= 15 is 0 Å². The number of benzene rings is 2. The summed E-state index contributed by atoms with van der Waals surface area (Å²) in [6.07, 6.45) is 10.4. The first-order valence-corrected chi connectivity index (χ1v) is 14.4. The molecular formula is C29H35N4OS+. The van der Waals surface area contributed by atoms with Gasteiger partial charge in [-0.3, -0.25) is 0 Å². The molecule has 0 bridgehead atoms. The van der Waals surface area contributed by atoms with Crippen molar-refractivity contribution in [3.05, 3.63) is 83.8 Å². The third-order valence-corrected chi connectivity index (χ3v) is 7.95. The lowest BCUT2D eigenvalue weighted by Gasteiger charge is -2.33. The molecule has 2 heterocycles. The van der Waals surface area contributed by atoms with E-state index in [4.69, 9.17) is 9.72 Å². The summed E-state index contributed by atoms with van der Waals surface area (Å²) >= 11 is 0. The van der Waals surface area contributed by atoms with Gasteiger partial charge in [0, 0.05) is 29.1 Å². The van der Waals surface area contributed by atoms with E-state index in [0.29, 0.717) is 17.6 Å². The maximum Gasteiger partial charge on any atom is 0.145 e. The number of nitrogens with zero attached hydrogens (tertiary/aromatic N) is 4. The maximum absolute atomic E-state index is 5.91. The molecule has 0 atom stereocenters. The van der Waals surface area contributed by atoms with Gasteiger partial charge in [0.1, 0.15) is 24.5 Å². The van der Waals surface area contributed by atoms with E-state index in [1.54, 1.807) is 6.33 Å². The highest BCUT2D eigenvalue weighted by atomic mass is 32.2. The van der Waals surface area contributed by atoms with Crippen molar-refractivity contribution in [1.29, 1.82) is 0 Å². The molecule has 0 saturated carbocycles. The fourth-order valence-corrected chi connectivity index (χ4v) is 5.88. The van der Waals surface area contributed by atoms with E-state index in [-0.39, 0.29) is 5.41 Å². The highest BCUT2D eigenvalue weighted by molar-refractivity contribution is 7.95. The summed E-state index contributed by atoms with van der Waals surface area (Å²) in [5.41, 5.74) is 7.43. The molecule has 1 aliphatic rings. The maximum atomic E-state index is 5.91. The van der Waals surface area contributed by atoms with Gasteiger partial charge in [-0.25, -0.2) is 9.97 Å². The first kappa shape index (κ1) is 24.0. The second-order valence-electron chi connectivity index (χ2n) is 10.2. The van der Waals surface area contributed by atoms with Gasteiger partial charge in [0.05, 0.1) is 24.8 Å². The second-order valence-corrected chi connectivity index (χ2v) is 12.6. The Morgan fingerprint density at radius 2 is 1.77 bits per heavy atom. The van der Waals surface area contributed by atoms with Crippen LogP contribution in [0.1, 0.15) is 16.7 Å². The number of aromatic nitrogens is 3. The van der Waals surface area contributed by atoms with Crippen LogP contribution in [-0.4, -0.2) is 64.9 Å². The molecule has 1 aliphatic carbocycles. The largest absolute Gasteiger partial charge is 0.356 e. The van der Waals surface area contributed by atoms with Crippen LogP contribution in [0, 0.1) is 0 Å². The van der Waals surface area contributed by atoms with Crippen LogP contribution in [0.25, 0.3) is 22.3 Å². The molecule has 4 aromatic rings. The predicted octanol–water partition coefficient (Wildman–Crippen LogP) is 4.55. The Morgan fingerprint density at radius 3 is 2.49 bits per heavy atom. The summed E-state index contributed by atoms with van der Waals surface area (Å²) in [5, 5.41) is 1.07. The summed E-state index contributed by atoms with van der Waals surface area (Å²) in [4.78, 5) is 11.6. The van der Waals surface area contributed by atoms with Crippen molar-refractivity contribution in [3.63, 3.8) is 0 Å². The quantitative estimate of drug-likeness (QED) is 0.257. The molecule has 0 spiro atoms. The molecule has 6 heteroatoms. The summed E-state index contributed by atoms with van der Waals surface area (Å²) in [7, 11) is 4.74. The van der Waals surface area contributed by atoms with Crippen molar-refractivity contribution >= 4 is 21.9 Å². The van der Waals surface area contributed by atoms with Crippen LogP contribution in [0.2, 0.25) is 0 Å². The van der Waals surface area contributed by atoms with Crippen LogP contribution >= 0.6 is 0 Å². The molecule has 0 aliphatic heterocycles. The molecular weight excluding hydrogens is 452 g/mol. The van der Waals surface area contributed by atoms with E-state index in [9.17, 15) is 0 Å². The smallest absolute Gasteiger partial charge is 0.145 e. The number of likely N-dealkylation sites (N-methyl/N-ethyl adjacent to an activating group) is 1. The lowest BCUT2D eigenvalue weighted by molar-refractivity contribution is 0.0924. The van der Waals surface area contributed by atoms with Crippen LogP contribution in [0.5, 0.6) is 0 Å². The van der Waals surface area contributed by atoms with Crippen LogP contribution in [0.15, 0.2) is 67.1 Å². The molecule has 0 radical (unpaired) electrons. The van der Waals surface area contributed by atoms with Crippen LogP contribution in [0.3, 0.4) is 0 Å². The third-order valence-electron chi connectivity index (χ3n) is 6.97. The van der Waals surface area contributed by atoms with Crippen molar-refractivity contribution in [3.8, 4) is 11.3 Å². The summed E-state index contributed by atoms with van der Waals surface area (Å²) in [5.74, 6) is 1.09. The minimum absolute atomic E-state index is 0.0617. The Balaban J connectivity index is 1.47. The topological polar surface area (TPSA) is 43.2 Å². The Kier molecular flexibility index (Phi) is 6.96. The van der Waals surface area contributed by atoms with Crippen LogP contribution in [0.4, 0.5) is 0 Å². The molecule has 5 rings (SSSR count). The van der Waals surface area contributed by atoms with Gasteiger partial charge in [0.15, 0.2) is 0 Å². The molecule has 0 amide bonds. The van der Waals surface area contributed by atoms with Gasteiger partial charge in [0.25, 0.3) is 0 Å². The SMILES string of the molecule is CN(C)CC1(c2cccc(-c3ncnc4c3ccn4COCC[S+](C)C)c2)Cc2ccccc2C1. The third kappa shape index (κ3) is 5.01. The van der Waals surface area contributed by atoms with Gasteiger partial charge in [-0.1, -0.05) is 42.5 Å². The minimum Gasteiger partial charge on any atom is -0.356 e. The first-order valence-electron chi connectivity index (χ1n) is 12.2. The average Bonchev–Trinajstić information content (AvgIpc) is 3.43. The monoisotopic (exact) mass is 487 g/mol. The zero-order valence-electron chi connectivity index (χ0n) is 21.2. The van der Waals surface area contributed by atoms with Crippen molar-refractivity contribution in [1.82, 2.24) is 19.4 Å². The molecule has 0 fully saturated rings. The first-order chi connectivity index (χ1) is 16.9. The van der Waals surface area contributed by atoms with E-state index in [0.717, 1.165) is 54.0 Å². The zero-order valence-corrected chi connectivity index (χ0v) is 22.0. The highest BCUT2D eigenvalue weighted by Crippen LogP contribution is 2.41. The Morgan fingerprint density at radius 1 is 1.00 bits per heavy atom. The lowest BCUT2D eigenvalue weighted by Crippen LogP contribution is -2.38. The highest BCUT2D eigenvalue weighted by Gasteiger charge is 2.39. The molecule has 2 aromatic carbocycles. The minimum atomic E-state index is 0.0617. The van der Waals surface area contributed by atoms with Gasteiger partial charge >= 0.3 is 0 Å². The summed E-state index contributed by atoms with van der Waals surface area (Å²) in [6.45, 7) is 2.29.